The number of methoxy groups -OCH3 is 1. The molecule has 0 aromatic heterocycles. The van der Waals surface area contributed by atoms with E-state index in [1.54, 1.807) is 0 Å². The Hall–Kier alpha value is -1.02. The van der Waals surface area contributed by atoms with Gasteiger partial charge in [0.1, 0.15) is 0 Å². The van der Waals surface area contributed by atoms with E-state index in [1.807, 2.05) is 0 Å². The van der Waals surface area contributed by atoms with E-state index in [0.29, 0.717) is 7.11 Å². The number of rotatable bonds is 1. The number of hydrogen-bond donors (Lipinski definition) is 0. The molecule has 0 radical (unpaired) electrons. The lowest BCUT2D eigenvalue weighted by molar-refractivity contribution is -0.327. The van der Waals surface area contributed by atoms with Gasteiger partial charge in [0, 0.05) is 0 Å². The van der Waals surface area contributed by atoms with Crippen LogP contribution < -0.4 is 0 Å². The van der Waals surface area contributed by atoms with Crippen LogP contribution in [0.15, 0.2) is 11.6 Å². The molecule has 0 spiro atoms. The van der Waals surface area contributed by atoms with Crippen LogP contribution in [0.1, 0.15) is 0 Å². The number of allylic oxidation sites excluding steroid dienone is 2. The van der Waals surface area contributed by atoms with E-state index in [2.05, 4.69) is 4.74 Å². The third kappa shape index (κ3) is 1.23. The van der Waals surface area contributed by atoms with Gasteiger partial charge in [-0.05, 0) is 0 Å². The van der Waals surface area contributed by atoms with Gasteiger partial charge < -0.3 is 4.74 Å². The second-order valence-electron chi connectivity index (χ2n) is 3.02. The summed E-state index contributed by atoms with van der Waals surface area (Å²) < 4.78 is 104. The molecule has 0 heterocycles. The van der Waals surface area contributed by atoms with Gasteiger partial charge in [0.25, 0.3) is 0 Å². The highest BCUT2D eigenvalue weighted by Crippen LogP contribution is 2.57. The van der Waals surface area contributed by atoms with E-state index in [4.69, 9.17) is 0 Å². The molecule has 0 saturated carbocycles. The van der Waals surface area contributed by atoms with Crippen LogP contribution in [0.4, 0.5) is 35.1 Å². The standard InChI is InChI=1S/C7H4F8O/c1-16-2-3(8)5(10,11)7(14,15)6(12,13)4(2)9/h3H,1H3. The maximum absolute atomic E-state index is 12.7. The van der Waals surface area contributed by atoms with E-state index < -0.39 is 35.5 Å². The molecule has 0 bridgehead atoms. The molecular weight excluding hydrogens is 252 g/mol. The first-order valence-electron chi connectivity index (χ1n) is 3.73. The van der Waals surface area contributed by atoms with Crippen molar-refractivity contribution >= 4 is 0 Å². The number of ether oxygens (including phenoxy) is 1. The van der Waals surface area contributed by atoms with Crippen LogP contribution in [-0.2, 0) is 4.74 Å². The lowest BCUT2D eigenvalue weighted by Gasteiger charge is -2.38. The fraction of sp³-hybridized carbons (Fsp3) is 0.714. The summed E-state index contributed by atoms with van der Waals surface area (Å²) in [5.74, 6) is -22.9. The SMILES string of the molecule is COC1=C(F)C(F)(F)C(F)(F)C(F)(F)C1F. The van der Waals surface area contributed by atoms with Crippen molar-refractivity contribution < 1.29 is 39.9 Å². The quantitative estimate of drug-likeness (QED) is 0.655. The van der Waals surface area contributed by atoms with E-state index in [-0.39, 0.29) is 0 Å². The molecule has 1 nitrogen and oxygen atoms in total. The average Bonchev–Trinajstić information content (AvgIpc) is 2.16. The highest BCUT2D eigenvalue weighted by atomic mass is 19.4. The summed E-state index contributed by atoms with van der Waals surface area (Å²) in [6.07, 6.45) is -3.97. The Morgan fingerprint density at radius 1 is 1.06 bits per heavy atom. The zero-order valence-electron chi connectivity index (χ0n) is 7.51. The van der Waals surface area contributed by atoms with Crippen molar-refractivity contribution in [1.29, 1.82) is 0 Å². The third-order valence-electron chi connectivity index (χ3n) is 2.07. The number of hydrogen-bond acceptors (Lipinski definition) is 1. The third-order valence-corrected chi connectivity index (χ3v) is 2.07. The summed E-state index contributed by atoms with van der Waals surface area (Å²) in [5.41, 5.74) is 0. The fourth-order valence-electron chi connectivity index (χ4n) is 1.13. The molecule has 0 aromatic rings. The Bertz CT molecular complexity index is 333. The topological polar surface area (TPSA) is 9.23 Å². The Balaban J connectivity index is 3.50. The highest BCUT2D eigenvalue weighted by molar-refractivity contribution is 5.28. The average molecular weight is 256 g/mol. The van der Waals surface area contributed by atoms with E-state index in [1.165, 1.54) is 0 Å². The molecule has 0 aromatic carbocycles. The van der Waals surface area contributed by atoms with Gasteiger partial charge in [0.05, 0.1) is 7.11 Å². The first kappa shape index (κ1) is 13.0. The summed E-state index contributed by atoms with van der Waals surface area (Å²) in [5, 5.41) is 0. The summed E-state index contributed by atoms with van der Waals surface area (Å²) in [6.45, 7) is 0. The second kappa shape index (κ2) is 3.24. The molecule has 0 aliphatic heterocycles. The van der Waals surface area contributed by atoms with Crippen molar-refractivity contribution in [2.24, 2.45) is 0 Å². The first-order chi connectivity index (χ1) is 7.01. The number of alkyl halides is 7. The maximum atomic E-state index is 12.7. The van der Waals surface area contributed by atoms with Crippen molar-refractivity contribution in [3.8, 4) is 0 Å². The number of halogens is 8. The van der Waals surface area contributed by atoms with Crippen LogP contribution in [0.25, 0.3) is 0 Å². The van der Waals surface area contributed by atoms with Crippen molar-refractivity contribution in [1.82, 2.24) is 0 Å². The summed E-state index contributed by atoms with van der Waals surface area (Å²) in [4.78, 5) is 0. The monoisotopic (exact) mass is 256 g/mol. The van der Waals surface area contributed by atoms with Gasteiger partial charge in [-0.2, -0.15) is 26.3 Å². The van der Waals surface area contributed by atoms with Gasteiger partial charge in [0.2, 0.25) is 12.0 Å². The predicted octanol–water partition coefficient (Wildman–Crippen LogP) is 3.07. The molecule has 1 rings (SSSR count). The van der Waals surface area contributed by atoms with Crippen molar-refractivity contribution in [2.45, 2.75) is 23.9 Å². The van der Waals surface area contributed by atoms with E-state index in [0.717, 1.165) is 0 Å². The molecule has 0 fully saturated rings. The van der Waals surface area contributed by atoms with Crippen LogP contribution in [-0.4, -0.2) is 31.0 Å². The predicted molar refractivity (Wildman–Crippen MR) is 34.9 cm³/mol. The second-order valence-corrected chi connectivity index (χ2v) is 3.02. The highest BCUT2D eigenvalue weighted by Gasteiger charge is 2.81. The lowest BCUT2D eigenvalue weighted by atomic mass is 9.91. The van der Waals surface area contributed by atoms with E-state index in [9.17, 15) is 35.1 Å². The molecule has 1 aliphatic carbocycles. The van der Waals surface area contributed by atoms with Gasteiger partial charge in [0.15, 0.2) is 5.76 Å². The zero-order chi connectivity index (χ0) is 12.9. The van der Waals surface area contributed by atoms with Gasteiger partial charge in [-0.1, -0.05) is 0 Å². The maximum Gasteiger partial charge on any atom is 0.382 e. The van der Waals surface area contributed by atoms with Crippen LogP contribution in [0.3, 0.4) is 0 Å². The minimum absolute atomic E-state index is 0.414. The largest absolute Gasteiger partial charge is 0.495 e. The minimum Gasteiger partial charge on any atom is -0.495 e. The van der Waals surface area contributed by atoms with Crippen molar-refractivity contribution in [3.63, 3.8) is 0 Å². The van der Waals surface area contributed by atoms with Gasteiger partial charge in [-0.25, -0.2) is 8.78 Å². The minimum atomic E-state index is -6.16. The summed E-state index contributed by atoms with van der Waals surface area (Å²) in [7, 11) is 0.414. The first-order valence-corrected chi connectivity index (χ1v) is 3.73. The molecule has 0 amide bonds. The van der Waals surface area contributed by atoms with Gasteiger partial charge in [-0.15, -0.1) is 0 Å². The summed E-state index contributed by atoms with van der Waals surface area (Å²) >= 11 is 0. The Morgan fingerprint density at radius 2 is 1.50 bits per heavy atom. The van der Waals surface area contributed by atoms with Crippen LogP contribution in [0, 0.1) is 0 Å². The molecule has 1 unspecified atom stereocenters. The fourth-order valence-corrected chi connectivity index (χ4v) is 1.13. The molecule has 0 saturated heterocycles. The van der Waals surface area contributed by atoms with Gasteiger partial charge in [-0.3, -0.25) is 0 Å². The normalized spacial score (nSPS) is 31.4. The summed E-state index contributed by atoms with van der Waals surface area (Å²) in [6, 6.07) is 0. The Morgan fingerprint density at radius 3 is 1.88 bits per heavy atom. The molecule has 0 N–H and O–H groups in total. The lowest BCUT2D eigenvalue weighted by Crippen LogP contribution is -2.62. The smallest absolute Gasteiger partial charge is 0.382 e. The van der Waals surface area contributed by atoms with Crippen molar-refractivity contribution in [3.05, 3.63) is 11.6 Å². The molecule has 1 atom stereocenters. The van der Waals surface area contributed by atoms with Crippen LogP contribution in [0.5, 0.6) is 0 Å². The zero-order valence-corrected chi connectivity index (χ0v) is 7.51. The molecule has 94 valence electrons. The van der Waals surface area contributed by atoms with Crippen molar-refractivity contribution in [2.75, 3.05) is 7.11 Å². The molecule has 9 heteroatoms. The Labute approximate surface area is 83.7 Å². The van der Waals surface area contributed by atoms with Crippen LogP contribution >= 0.6 is 0 Å². The molecule has 16 heavy (non-hydrogen) atoms. The molecule has 1 aliphatic rings. The van der Waals surface area contributed by atoms with E-state index >= 15 is 0 Å². The van der Waals surface area contributed by atoms with Crippen LogP contribution in [0.2, 0.25) is 0 Å². The Kier molecular flexibility index (Phi) is 2.64. The van der Waals surface area contributed by atoms with Gasteiger partial charge >= 0.3 is 17.8 Å². The molecular formula is C7H4F8O.